The van der Waals surface area contributed by atoms with Crippen molar-refractivity contribution >= 4 is 0 Å². The molecule has 1 nitrogen and oxygen atoms in total. The van der Waals surface area contributed by atoms with E-state index < -0.39 is 0 Å². The van der Waals surface area contributed by atoms with Crippen molar-refractivity contribution in [3.05, 3.63) is 12.2 Å². The zero-order valence-electron chi connectivity index (χ0n) is 6.51. The van der Waals surface area contributed by atoms with Crippen LogP contribution in [0.15, 0.2) is 12.2 Å². The van der Waals surface area contributed by atoms with E-state index in [-0.39, 0.29) is 0 Å². The summed E-state index contributed by atoms with van der Waals surface area (Å²) in [6.07, 6.45) is 8.74. The lowest BCUT2D eigenvalue weighted by Crippen LogP contribution is -2.29. The van der Waals surface area contributed by atoms with Gasteiger partial charge in [-0.15, -0.1) is 0 Å². The molecule has 0 saturated carbocycles. The van der Waals surface area contributed by atoms with Crippen molar-refractivity contribution in [1.82, 2.24) is 5.32 Å². The normalized spacial score (nSPS) is 45.5. The van der Waals surface area contributed by atoms with Crippen molar-refractivity contribution in [3.63, 3.8) is 0 Å². The Labute approximate surface area is 62.5 Å². The number of fused-ring (bicyclic) bond motifs is 1. The van der Waals surface area contributed by atoms with Crippen LogP contribution in [0, 0.1) is 5.92 Å². The summed E-state index contributed by atoms with van der Waals surface area (Å²) in [5, 5.41) is 3.57. The average molecular weight is 137 g/mol. The predicted molar refractivity (Wildman–Crippen MR) is 42.9 cm³/mol. The molecule has 1 N–H and O–H groups in total. The molecule has 0 radical (unpaired) electrons. The second kappa shape index (κ2) is 2.39. The third-order valence-corrected chi connectivity index (χ3v) is 2.69. The van der Waals surface area contributed by atoms with Crippen LogP contribution in [0.5, 0.6) is 0 Å². The summed E-state index contributed by atoms with van der Waals surface area (Å²) < 4.78 is 0. The van der Waals surface area contributed by atoms with E-state index >= 15 is 0 Å². The molecule has 1 heterocycles. The first-order chi connectivity index (χ1) is 4.86. The minimum absolute atomic E-state index is 0.712. The monoisotopic (exact) mass is 137 g/mol. The lowest BCUT2D eigenvalue weighted by atomic mass is 9.90. The summed E-state index contributed by atoms with van der Waals surface area (Å²) in [7, 11) is 0. The summed E-state index contributed by atoms with van der Waals surface area (Å²) in [4.78, 5) is 0. The van der Waals surface area contributed by atoms with Crippen LogP contribution in [-0.2, 0) is 0 Å². The van der Waals surface area contributed by atoms with E-state index in [1.54, 1.807) is 0 Å². The molecule has 1 heteroatoms. The lowest BCUT2D eigenvalue weighted by molar-refractivity contribution is 0.459. The topological polar surface area (TPSA) is 12.0 Å². The van der Waals surface area contributed by atoms with Crippen molar-refractivity contribution < 1.29 is 0 Å². The average Bonchev–Trinajstić information content (AvgIpc) is 2.27. The van der Waals surface area contributed by atoms with Crippen molar-refractivity contribution in [1.29, 1.82) is 0 Å². The first-order valence-corrected chi connectivity index (χ1v) is 4.29. The molecule has 56 valence electrons. The van der Waals surface area contributed by atoms with Gasteiger partial charge >= 0.3 is 0 Å². The quantitative estimate of drug-likeness (QED) is 0.501. The highest BCUT2D eigenvalue weighted by Crippen LogP contribution is 2.28. The maximum Gasteiger partial charge on any atom is 0.0281 e. The Bertz CT molecular complexity index is 151. The molecule has 2 aliphatic rings. The molecule has 0 aromatic carbocycles. The Morgan fingerprint density at radius 2 is 2.40 bits per heavy atom. The van der Waals surface area contributed by atoms with Crippen molar-refractivity contribution in [2.24, 2.45) is 5.92 Å². The van der Waals surface area contributed by atoms with Gasteiger partial charge in [0, 0.05) is 12.1 Å². The number of hydrogen-bond acceptors (Lipinski definition) is 1. The molecule has 0 bridgehead atoms. The van der Waals surface area contributed by atoms with Crippen molar-refractivity contribution in [3.8, 4) is 0 Å². The Balaban J connectivity index is 2.08. The van der Waals surface area contributed by atoms with Crippen molar-refractivity contribution in [2.75, 3.05) is 0 Å². The molecule has 0 spiro atoms. The number of rotatable bonds is 0. The van der Waals surface area contributed by atoms with Gasteiger partial charge in [-0.05, 0) is 32.1 Å². The van der Waals surface area contributed by atoms with Gasteiger partial charge in [-0.3, -0.25) is 0 Å². The summed E-state index contributed by atoms with van der Waals surface area (Å²) in [6, 6.07) is 1.46. The zero-order valence-corrected chi connectivity index (χ0v) is 6.51. The van der Waals surface area contributed by atoms with Crippen molar-refractivity contribution in [2.45, 2.75) is 38.3 Å². The first-order valence-electron chi connectivity index (χ1n) is 4.29. The second-order valence-electron chi connectivity index (χ2n) is 3.59. The smallest absolute Gasteiger partial charge is 0.0281 e. The minimum atomic E-state index is 0.712. The van der Waals surface area contributed by atoms with Gasteiger partial charge in [0.2, 0.25) is 0 Å². The van der Waals surface area contributed by atoms with E-state index in [0.29, 0.717) is 6.04 Å². The van der Waals surface area contributed by atoms with Crippen LogP contribution in [0.2, 0.25) is 0 Å². The molecule has 1 aliphatic heterocycles. The van der Waals surface area contributed by atoms with Gasteiger partial charge in [0.25, 0.3) is 0 Å². The Hall–Kier alpha value is -0.300. The number of nitrogens with one attached hydrogen (secondary N) is 1. The third-order valence-electron chi connectivity index (χ3n) is 2.69. The fourth-order valence-electron chi connectivity index (χ4n) is 2.20. The van der Waals surface area contributed by atoms with Crippen LogP contribution >= 0.6 is 0 Å². The Morgan fingerprint density at radius 3 is 3.20 bits per heavy atom. The highest BCUT2D eigenvalue weighted by molar-refractivity contribution is 5.06. The predicted octanol–water partition coefficient (Wildman–Crippen LogP) is 1.70. The molecule has 1 saturated heterocycles. The lowest BCUT2D eigenvalue weighted by Gasteiger charge is -2.18. The molecule has 0 aromatic heterocycles. The van der Waals surface area contributed by atoms with Gasteiger partial charge < -0.3 is 5.32 Å². The molecule has 2 unspecified atom stereocenters. The standard InChI is InChI=1S/C9H15N/c1-7-6-8-4-2-3-5-9(8)10-7/h3,5,7-10H,2,4,6H2,1H3/t7?,8?,9-/m1/s1. The Kier molecular flexibility index (Phi) is 1.53. The van der Waals surface area contributed by atoms with Gasteiger partial charge in [-0.1, -0.05) is 12.2 Å². The van der Waals surface area contributed by atoms with E-state index in [2.05, 4.69) is 24.4 Å². The molecule has 0 amide bonds. The number of allylic oxidation sites excluding steroid dienone is 1. The molecular weight excluding hydrogens is 122 g/mol. The third kappa shape index (κ3) is 0.988. The van der Waals surface area contributed by atoms with E-state index in [0.717, 1.165) is 12.0 Å². The molecule has 1 aliphatic carbocycles. The van der Waals surface area contributed by atoms with E-state index in [4.69, 9.17) is 0 Å². The van der Waals surface area contributed by atoms with Gasteiger partial charge in [-0.25, -0.2) is 0 Å². The SMILES string of the molecule is CC1CC2CCC=C[C@H]2N1. The highest BCUT2D eigenvalue weighted by atomic mass is 15.0. The van der Waals surface area contributed by atoms with Crippen LogP contribution < -0.4 is 5.32 Å². The maximum absolute atomic E-state index is 3.57. The fraction of sp³-hybridized carbons (Fsp3) is 0.778. The molecule has 2 rings (SSSR count). The maximum atomic E-state index is 3.57. The summed E-state index contributed by atoms with van der Waals surface area (Å²) in [5.41, 5.74) is 0. The summed E-state index contributed by atoms with van der Waals surface area (Å²) in [6.45, 7) is 2.28. The van der Waals surface area contributed by atoms with Crippen LogP contribution in [0.4, 0.5) is 0 Å². The minimum Gasteiger partial charge on any atom is -0.308 e. The van der Waals surface area contributed by atoms with Crippen LogP contribution in [-0.4, -0.2) is 12.1 Å². The highest BCUT2D eigenvalue weighted by Gasteiger charge is 2.30. The summed E-state index contributed by atoms with van der Waals surface area (Å²) >= 11 is 0. The van der Waals surface area contributed by atoms with E-state index in [1.165, 1.54) is 19.3 Å². The largest absolute Gasteiger partial charge is 0.308 e. The first kappa shape index (κ1) is 6.41. The number of hydrogen-bond donors (Lipinski definition) is 1. The van der Waals surface area contributed by atoms with E-state index in [1.807, 2.05) is 0 Å². The van der Waals surface area contributed by atoms with Gasteiger partial charge in [0.05, 0.1) is 0 Å². The van der Waals surface area contributed by atoms with Gasteiger partial charge in [0.15, 0.2) is 0 Å². The van der Waals surface area contributed by atoms with E-state index in [9.17, 15) is 0 Å². The zero-order chi connectivity index (χ0) is 6.97. The van der Waals surface area contributed by atoms with Gasteiger partial charge in [0.1, 0.15) is 0 Å². The van der Waals surface area contributed by atoms with Gasteiger partial charge in [-0.2, -0.15) is 0 Å². The molecule has 10 heavy (non-hydrogen) atoms. The second-order valence-corrected chi connectivity index (χ2v) is 3.59. The summed E-state index contributed by atoms with van der Waals surface area (Å²) in [5.74, 6) is 0.944. The van der Waals surface area contributed by atoms with Crippen LogP contribution in [0.3, 0.4) is 0 Å². The molecule has 1 fully saturated rings. The van der Waals surface area contributed by atoms with Crippen LogP contribution in [0.1, 0.15) is 26.2 Å². The molecule has 0 aromatic rings. The fourth-order valence-corrected chi connectivity index (χ4v) is 2.20. The molecular formula is C9H15N. The van der Waals surface area contributed by atoms with Crippen LogP contribution in [0.25, 0.3) is 0 Å². The Morgan fingerprint density at radius 1 is 1.50 bits per heavy atom. The molecule has 3 atom stereocenters.